The Morgan fingerprint density at radius 1 is 0.467 bits per heavy atom. The zero-order valence-electron chi connectivity index (χ0n) is 20.2. The van der Waals surface area contributed by atoms with Crippen molar-refractivity contribution in [3.05, 3.63) is 0 Å². The molecule has 8 nitrogen and oxygen atoms in total. The number of rotatable bonds is 18. The van der Waals surface area contributed by atoms with Gasteiger partial charge in [-0.15, -0.1) is 0 Å². The smallest absolute Gasteiger partial charge is 0.284 e. The molecule has 1 aliphatic heterocycles. The van der Waals surface area contributed by atoms with Gasteiger partial charge in [0.05, 0.1) is 0 Å². The Kier molecular flexibility index (Phi) is 14.3. The number of piperazine rings is 1. The Bertz CT molecular complexity index is 346. The van der Waals surface area contributed by atoms with Gasteiger partial charge in [0.2, 0.25) is 0 Å². The van der Waals surface area contributed by atoms with Crippen LogP contribution in [0.3, 0.4) is 0 Å². The van der Waals surface area contributed by atoms with Crippen LogP contribution >= 0.6 is 0 Å². The van der Waals surface area contributed by atoms with E-state index in [1.54, 1.807) is 0 Å². The van der Waals surface area contributed by atoms with Gasteiger partial charge in [-0.25, -0.2) is 0 Å². The molecule has 0 aromatic carbocycles. The summed E-state index contributed by atoms with van der Waals surface area (Å²) in [5.74, 6) is -1.86. The topological polar surface area (TPSA) is 61.9 Å². The summed E-state index contributed by atoms with van der Waals surface area (Å²) < 4.78 is 35.1. The van der Waals surface area contributed by atoms with E-state index in [-0.39, 0.29) is 0 Å². The van der Waals surface area contributed by atoms with Gasteiger partial charge in [0.25, 0.3) is 11.9 Å². The van der Waals surface area contributed by atoms with E-state index in [1.807, 2.05) is 41.5 Å². The molecule has 0 amide bonds. The fourth-order valence-corrected chi connectivity index (χ4v) is 3.83. The van der Waals surface area contributed by atoms with Gasteiger partial charge in [-0.2, -0.15) is 0 Å². The standard InChI is InChI=1S/C22H46N2O6/c1-7-25-21(26-8-2,27-9-3)13-15-23-17-19-24(20-18-23)16-14-22(28-10-4,29-11-5)30-12-6/h7-20H2,1-6H3. The van der Waals surface area contributed by atoms with Crippen LogP contribution in [0.2, 0.25) is 0 Å². The molecule has 30 heavy (non-hydrogen) atoms. The van der Waals surface area contributed by atoms with Crippen LogP contribution < -0.4 is 0 Å². The second kappa shape index (κ2) is 15.5. The molecular weight excluding hydrogens is 388 g/mol. The van der Waals surface area contributed by atoms with Crippen molar-refractivity contribution in [2.75, 3.05) is 78.9 Å². The van der Waals surface area contributed by atoms with Crippen LogP contribution in [0.25, 0.3) is 0 Å². The lowest BCUT2D eigenvalue weighted by molar-refractivity contribution is -0.381. The molecule has 8 heteroatoms. The summed E-state index contributed by atoms with van der Waals surface area (Å²) in [6, 6.07) is 0. The van der Waals surface area contributed by atoms with E-state index < -0.39 is 11.9 Å². The molecule has 0 N–H and O–H groups in total. The Hall–Kier alpha value is -0.320. The SMILES string of the molecule is CCOC(CCN1CCN(CCC(OCC)(OCC)OCC)CC1)(OCC)OCC. The second-order valence-corrected chi connectivity index (χ2v) is 7.15. The average Bonchev–Trinajstić information content (AvgIpc) is 2.73. The summed E-state index contributed by atoms with van der Waals surface area (Å²) in [4.78, 5) is 4.90. The number of hydrogen-bond acceptors (Lipinski definition) is 8. The van der Waals surface area contributed by atoms with Crippen LogP contribution in [0.4, 0.5) is 0 Å². The molecule has 0 saturated carbocycles. The van der Waals surface area contributed by atoms with Crippen LogP contribution in [0.5, 0.6) is 0 Å². The number of hydrogen-bond donors (Lipinski definition) is 0. The highest BCUT2D eigenvalue weighted by molar-refractivity contribution is 4.75. The van der Waals surface area contributed by atoms with Crippen LogP contribution in [-0.2, 0) is 28.4 Å². The molecule has 1 rings (SSSR count). The fraction of sp³-hybridized carbons (Fsp3) is 1.00. The van der Waals surface area contributed by atoms with Gasteiger partial charge >= 0.3 is 0 Å². The Morgan fingerprint density at radius 2 is 0.700 bits per heavy atom. The van der Waals surface area contributed by atoms with E-state index in [1.165, 1.54) is 0 Å². The molecule has 0 bridgehead atoms. The van der Waals surface area contributed by atoms with Gasteiger partial charge in [-0.05, 0) is 41.5 Å². The van der Waals surface area contributed by atoms with Crippen LogP contribution in [0.15, 0.2) is 0 Å². The lowest BCUT2D eigenvalue weighted by Crippen LogP contribution is -2.51. The third kappa shape index (κ3) is 9.44. The van der Waals surface area contributed by atoms with E-state index in [0.717, 1.165) is 39.3 Å². The summed E-state index contributed by atoms with van der Waals surface area (Å²) in [7, 11) is 0. The van der Waals surface area contributed by atoms with Gasteiger partial charge in [-0.1, -0.05) is 0 Å². The van der Waals surface area contributed by atoms with E-state index in [2.05, 4.69) is 9.80 Å². The summed E-state index contributed by atoms with van der Waals surface area (Å²) in [5, 5.41) is 0. The zero-order chi connectivity index (χ0) is 22.3. The highest BCUT2D eigenvalue weighted by Gasteiger charge is 2.35. The van der Waals surface area contributed by atoms with Crippen molar-refractivity contribution in [1.82, 2.24) is 9.80 Å². The van der Waals surface area contributed by atoms with E-state index in [4.69, 9.17) is 28.4 Å². The third-order valence-electron chi connectivity index (χ3n) is 5.12. The van der Waals surface area contributed by atoms with Gasteiger partial charge in [0.15, 0.2) is 0 Å². The first kappa shape index (κ1) is 27.7. The van der Waals surface area contributed by atoms with E-state index in [9.17, 15) is 0 Å². The Labute approximate surface area is 184 Å². The van der Waals surface area contributed by atoms with Crippen molar-refractivity contribution in [2.45, 2.75) is 66.3 Å². The first-order valence-electron chi connectivity index (χ1n) is 11.8. The molecule has 0 atom stereocenters. The van der Waals surface area contributed by atoms with Gasteiger partial charge in [-0.3, -0.25) is 0 Å². The molecule has 1 heterocycles. The largest absolute Gasteiger partial charge is 0.328 e. The first-order valence-corrected chi connectivity index (χ1v) is 11.8. The minimum absolute atomic E-state index is 0.565. The lowest BCUT2D eigenvalue weighted by Gasteiger charge is -2.39. The molecule has 0 aromatic rings. The average molecular weight is 435 g/mol. The fourth-order valence-electron chi connectivity index (χ4n) is 3.83. The predicted molar refractivity (Wildman–Crippen MR) is 117 cm³/mol. The molecule has 1 aliphatic rings. The van der Waals surface area contributed by atoms with Crippen LogP contribution in [0, 0.1) is 0 Å². The summed E-state index contributed by atoms with van der Waals surface area (Å²) in [5.41, 5.74) is 0. The minimum Gasteiger partial charge on any atom is -0.328 e. The quantitative estimate of drug-likeness (QED) is 0.305. The van der Waals surface area contributed by atoms with Crippen molar-refractivity contribution in [3.63, 3.8) is 0 Å². The summed E-state index contributed by atoms with van der Waals surface area (Å²) in [6.07, 6.45) is 1.40. The zero-order valence-corrected chi connectivity index (χ0v) is 20.2. The minimum atomic E-state index is -0.929. The molecule has 0 spiro atoms. The normalized spacial score (nSPS) is 17.0. The Morgan fingerprint density at radius 3 is 0.900 bits per heavy atom. The van der Waals surface area contributed by atoms with Crippen molar-refractivity contribution in [1.29, 1.82) is 0 Å². The summed E-state index contributed by atoms with van der Waals surface area (Å²) >= 11 is 0. The van der Waals surface area contributed by atoms with Crippen molar-refractivity contribution in [2.24, 2.45) is 0 Å². The molecular formula is C22H46N2O6. The molecule has 180 valence electrons. The van der Waals surface area contributed by atoms with Crippen LogP contribution in [0.1, 0.15) is 54.4 Å². The molecule has 1 saturated heterocycles. The van der Waals surface area contributed by atoms with Crippen molar-refractivity contribution in [3.8, 4) is 0 Å². The van der Waals surface area contributed by atoms with Crippen molar-refractivity contribution < 1.29 is 28.4 Å². The maximum absolute atomic E-state index is 5.84. The van der Waals surface area contributed by atoms with Crippen LogP contribution in [-0.4, -0.2) is 101 Å². The van der Waals surface area contributed by atoms with Crippen molar-refractivity contribution >= 4 is 0 Å². The predicted octanol–water partition coefficient (Wildman–Crippen LogP) is 2.91. The third-order valence-corrected chi connectivity index (χ3v) is 5.12. The molecule has 0 radical (unpaired) electrons. The number of ether oxygens (including phenoxy) is 6. The number of nitrogens with zero attached hydrogens (tertiary/aromatic N) is 2. The maximum Gasteiger partial charge on any atom is 0.284 e. The first-order chi connectivity index (χ1) is 14.5. The Balaban J connectivity index is 2.49. The van der Waals surface area contributed by atoms with Gasteiger partial charge < -0.3 is 38.2 Å². The second-order valence-electron chi connectivity index (χ2n) is 7.15. The molecule has 1 fully saturated rings. The highest BCUT2D eigenvalue weighted by atomic mass is 16.9. The molecule has 0 aromatic heterocycles. The maximum atomic E-state index is 5.84. The lowest BCUT2D eigenvalue weighted by atomic mass is 10.2. The van der Waals surface area contributed by atoms with Gasteiger partial charge in [0, 0.05) is 91.8 Å². The highest BCUT2D eigenvalue weighted by Crippen LogP contribution is 2.23. The molecule has 0 unspecified atom stereocenters. The summed E-state index contributed by atoms with van der Waals surface area (Å²) in [6.45, 7) is 21.0. The van der Waals surface area contributed by atoms with Gasteiger partial charge in [0.1, 0.15) is 0 Å². The monoisotopic (exact) mass is 434 g/mol. The van der Waals surface area contributed by atoms with E-state index in [0.29, 0.717) is 52.5 Å². The van der Waals surface area contributed by atoms with E-state index >= 15 is 0 Å². The molecule has 0 aliphatic carbocycles.